The molecule has 1 unspecified atom stereocenters. The third kappa shape index (κ3) is 3.08. The first-order valence-corrected chi connectivity index (χ1v) is 4.94. The average Bonchev–Trinajstić information content (AvgIpc) is 2.23. The third-order valence-electron chi connectivity index (χ3n) is 2.45. The quantitative estimate of drug-likeness (QED) is 0.447. The highest BCUT2D eigenvalue weighted by Gasteiger charge is 2.37. The Hall–Kier alpha value is -0.380. The van der Waals surface area contributed by atoms with E-state index in [1.807, 2.05) is 6.08 Å². The molecule has 0 saturated heterocycles. The van der Waals surface area contributed by atoms with Gasteiger partial charge in [0.25, 0.3) is 0 Å². The van der Waals surface area contributed by atoms with Crippen molar-refractivity contribution >= 4 is 0 Å². The number of hydrogen-bond acceptors (Lipinski definition) is 3. The summed E-state index contributed by atoms with van der Waals surface area (Å²) in [6, 6.07) is 0. The topological polar surface area (TPSA) is 27.7 Å². The molecule has 84 valence electrons. The summed E-state index contributed by atoms with van der Waals surface area (Å²) in [4.78, 5) is 0. The molecule has 0 radical (unpaired) electrons. The summed E-state index contributed by atoms with van der Waals surface area (Å²) >= 11 is 0. The minimum Gasteiger partial charge on any atom is -0.376 e. The van der Waals surface area contributed by atoms with E-state index in [9.17, 15) is 0 Å². The fourth-order valence-corrected chi connectivity index (χ4v) is 1.67. The summed E-state index contributed by atoms with van der Waals surface area (Å²) in [5, 5.41) is 0. The van der Waals surface area contributed by atoms with Gasteiger partial charge in [-0.25, -0.2) is 0 Å². The molecule has 0 saturated carbocycles. The summed E-state index contributed by atoms with van der Waals surface area (Å²) in [7, 11) is 4.96. The number of methoxy groups -OCH3 is 3. The molecule has 3 nitrogen and oxygen atoms in total. The lowest BCUT2D eigenvalue weighted by Crippen LogP contribution is -2.46. The van der Waals surface area contributed by atoms with Crippen molar-refractivity contribution in [3.05, 3.63) is 12.7 Å². The van der Waals surface area contributed by atoms with Crippen LogP contribution in [0.3, 0.4) is 0 Å². The Morgan fingerprint density at radius 1 is 1.29 bits per heavy atom. The molecule has 0 aliphatic heterocycles. The van der Waals surface area contributed by atoms with E-state index in [0.29, 0.717) is 0 Å². The normalized spacial score (nSPS) is 14.0. The number of ether oxygens (including phenoxy) is 3. The summed E-state index contributed by atoms with van der Waals surface area (Å²) in [5.41, 5.74) is 0. The molecule has 0 heterocycles. The molecule has 0 aromatic rings. The summed E-state index contributed by atoms with van der Waals surface area (Å²) < 4.78 is 16.2. The first-order chi connectivity index (χ1) is 6.70. The van der Waals surface area contributed by atoms with Crippen LogP contribution in [0, 0.1) is 0 Å². The Bertz CT molecular complexity index is 153. The van der Waals surface area contributed by atoms with Crippen molar-refractivity contribution in [1.29, 1.82) is 0 Å². The van der Waals surface area contributed by atoms with Crippen LogP contribution < -0.4 is 0 Å². The van der Waals surface area contributed by atoms with Crippen LogP contribution in [0.1, 0.15) is 26.2 Å². The molecule has 14 heavy (non-hydrogen) atoms. The van der Waals surface area contributed by atoms with Gasteiger partial charge in [-0.2, -0.15) is 0 Å². The van der Waals surface area contributed by atoms with Gasteiger partial charge in [-0.3, -0.25) is 0 Å². The molecule has 0 aliphatic carbocycles. The van der Waals surface area contributed by atoms with Gasteiger partial charge in [-0.15, -0.1) is 6.58 Å². The Labute approximate surface area is 87.0 Å². The second kappa shape index (κ2) is 6.98. The Balaban J connectivity index is 4.62. The molecular formula is C11H22O3. The second-order valence-corrected chi connectivity index (χ2v) is 3.22. The average molecular weight is 202 g/mol. The summed E-state index contributed by atoms with van der Waals surface area (Å²) in [6.45, 7) is 5.79. The lowest BCUT2D eigenvalue weighted by Gasteiger charge is -2.36. The molecule has 0 aliphatic rings. The maximum Gasteiger partial charge on any atom is 0.194 e. The molecule has 3 heteroatoms. The van der Waals surface area contributed by atoms with Gasteiger partial charge in [0.15, 0.2) is 5.79 Å². The van der Waals surface area contributed by atoms with Gasteiger partial charge in [0.05, 0.1) is 0 Å². The standard InChI is InChI=1S/C11H22O3/c1-6-8-10(12-3)11(13-4,14-5)9-7-2/h6,10H,1,7-9H2,2-5H3. The fourth-order valence-electron chi connectivity index (χ4n) is 1.67. The minimum absolute atomic E-state index is 0.102. The summed E-state index contributed by atoms with van der Waals surface area (Å²) in [5.74, 6) is -0.641. The van der Waals surface area contributed by atoms with E-state index in [0.717, 1.165) is 19.3 Å². The van der Waals surface area contributed by atoms with E-state index >= 15 is 0 Å². The predicted octanol–water partition coefficient (Wildman–Crippen LogP) is 2.37. The fraction of sp³-hybridized carbons (Fsp3) is 0.818. The smallest absolute Gasteiger partial charge is 0.194 e. The van der Waals surface area contributed by atoms with E-state index in [1.54, 1.807) is 21.3 Å². The Kier molecular flexibility index (Phi) is 6.79. The van der Waals surface area contributed by atoms with Crippen LogP contribution in [0.2, 0.25) is 0 Å². The van der Waals surface area contributed by atoms with Gasteiger partial charge in [0.1, 0.15) is 6.10 Å². The van der Waals surface area contributed by atoms with E-state index in [1.165, 1.54) is 0 Å². The lowest BCUT2D eigenvalue weighted by atomic mass is 10.0. The van der Waals surface area contributed by atoms with Crippen LogP contribution in [-0.4, -0.2) is 33.2 Å². The summed E-state index contributed by atoms with van der Waals surface area (Å²) in [6.07, 6.45) is 4.23. The van der Waals surface area contributed by atoms with Crippen LogP contribution in [-0.2, 0) is 14.2 Å². The second-order valence-electron chi connectivity index (χ2n) is 3.22. The van der Waals surface area contributed by atoms with Crippen LogP contribution in [0.15, 0.2) is 12.7 Å². The SMILES string of the molecule is C=CCC(OC)C(CCC)(OC)OC. The Morgan fingerprint density at radius 2 is 1.86 bits per heavy atom. The van der Waals surface area contributed by atoms with Gasteiger partial charge in [-0.1, -0.05) is 19.4 Å². The van der Waals surface area contributed by atoms with Crippen molar-refractivity contribution in [2.75, 3.05) is 21.3 Å². The molecule has 0 N–H and O–H groups in total. The molecule has 0 bridgehead atoms. The molecule has 0 aromatic carbocycles. The van der Waals surface area contributed by atoms with Gasteiger partial charge in [-0.05, 0) is 6.42 Å². The maximum absolute atomic E-state index is 5.44. The molecular weight excluding hydrogens is 180 g/mol. The van der Waals surface area contributed by atoms with Crippen molar-refractivity contribution in [3.8, 4) is 0 Å². The number of hydrogen-bond donors (Lipinski definition) is 0. The highest BCUT2D eigenvalue weighted by Crippen LogP contribution is 2.27. The number of rotatable bonds is 8. The first kappa shape index (κ1) is 13.6. The zero-order valence-electron chi connectivity index (χ0n) is 9.71. The van der Waals surface area contributed by atoms with Crippen LogP contribution in [0.25, 0.3) is 0 Å². The minimum atomic E-state index is -0.641. The van der Waals surface area contributed by atoms with Gasteiger partial charge in [0, 0.05) is 27.8 Å². The molecule has 0 aromatic heterocycles. The van der Waals surface area contributed by atoms with Crippen molar-refractivity contribution in [1.82, 2.24) is 0 Å². The zero-order valence-corrected chi connectivity index (χ0v) is 9.71. The van der Waals surface area contributed by atoms with Crippen molar-refractivity contribution < 1.29 is 14.2 Å². The van der Waals surface area contributed by atoms with Gasteiger partial charge in [0.2, 0.25) is 0 Å². The van der Waals surface area contributed by atoms with Crippen molar-refractivity contribution in [3.63, 3.8) is 0 Å². The van der Waals surface area contributed by atoms with Crippen LogP contribution in [0.5, 0.6) is 0 Å². The molecule has 0 amide bonds. The highest BCUT2D eigenvalue weighted by molar-refractivity contribution is 4.85. The van der Waals surface area contributed by atoms with E-state index in [4.69, 9.17) is 14.2 Å². The van der Waals surface area contributed by atoms with Crippen molar-refractivity contribution in [2.45, 2.75) is 38.1 Å². The monoisotopic (exact) mass is 202 g/mol. The molecule has 0 fully saturated rings. The van der Waals surface area contributed by atoms with E-state index in [2.05, 4.69) is 13.5 Å². The Morgan fingerprint density at radius 3 is 2.14 bits per heavy atom. The molecule has 0 rings (SSSR count). The predicted molar refractivity (Wildman–Crippen MR) is 57.3 cm³/mol. The largest absolute Gasteiger partial charge is 0.376 e. The highest BCUT2D eigenvalue weighted by atomic mass is 16.7. The van der Waals surface area contributed by atoms with Crippen molar-refractivity contribution in [2.24, 2.45) is 0 Å². The van der Waals surface area contributed by atoms with E-state index < -0.39 is 5.79 Å². The van der Waals surface area contributed by atoms with Gasteiger partial charge < -0.3 is 14.2 Å². The third-order valence-corrected chi connectivity index (χ3v) is 2.45. The van der Waals surface area contributed by atoms with Crippen LogP contribution >= 0.6 is 0 Å². The first-order valence-electron chi connectivity index (χ1n) is 4.94. The molecule has 0 spiro atoms. The van der Waals surface area contributed by atoms with Crippen LogP contribution in [0.4, 0.5) is 0 Å². The molecule has 1 atom stereocenters. The lowest BCUT2D eigenvalue weighted by molar-refractivity contribution is -0.267. The van der Waals surface area contributed by atoms with Gasteiger partial charge >= 0.3 is 0 Å². The zero-order chi connectivity index (χ0) is 11.0. The maximum atomic E-state index is 5.44. The van der Waals surface area contributed by atoms with E-state index in [-0.39, 0.29) is 6.10 Å².